The molecular weight excluding hydrogens is 434 g/mol. The Kier molecular flexibility index (Phi) is 5.56. The monoisotopic (exact) mass is 453 g/mol. The molecule has 2 aromatic carbocycles. The first-order chi connectivity index (χ1) is 14.7. The van der Waals surface area contributed by atoms with Gasteiger partial charge in [-0.05, 0) is 73.2 Å². The molecule has 6 nitrogen and oxygen atoms in total. The third-order valence-electron chi connectivity index (χ3n) is 4.92. The molecule has 4 aromatic rings. The number of anilines is 1. The Morgan fingerprint density at radius 1 is 1.00 bits per heavy atom. The van der Waals surface area contributed by atoms with Gasteiger partial charge in [-0.15, -0.1) is 11.3 Å². The first-order valence-electron chi connectivity index (χ1n) is 9.62. The van der Waals surface area contributed by atoms with Gasteiger partial charge in [0.15, 0.2) is 0 Å². The van der Waals surface area contributed by atoms with Gasteiger partial charge in [0.2, 0.25) is 5.91 Å². The highest BCUT2D eigenvalue weighted by Gasteiger charge is 2.18. The molecule has 0 aliphatic carbocycles. The van der Waals surface area contributed by atoms with Crippen LogP contribution in [0, 0.1) is 20.8 Å². The van der Waals surface area contributed by atoms with Crippen molar-refractivity contribution in [3.05, 3.63) is 90.4 Å². The maximum Gasteiger partial charge on any atom is 0.336 e. The van der Waals surface area contributed by atoms with Gasteiger partial charge in [-0.1, -0.05) is 23.7 Å². The largest absolute Gasteiger partial charge is 0.336 e. The van der Waals surface area contributed by atoms with Crippen molar-refractivity contribution in [1.82, 2.24) is 9.13 Å². The number of thiophene rings is 1. The molecule has 0 saturated heterocycles. The van der Waals surface area contributed by atoms with Crippen LogP contribution in [0.1, 0.15) is 16.7 Å². The lowest BCUT2D eigenvalue weighted by atomic mass is 10.1. The second kappa shape index (κ2) is 8.17. The fourth-order valence-corrected chi connectivity index (χ4v) is 4.71. The zero-order valence-corrected chi connectivity index (χ0v) is 18.8. The van der Waals surface area contributed by atoms with Crippen LogP contribution in [0.4, 0.5) is 5.69 Å². The van der Waals surface area contributed by atoms with E-state index in [4.69, 9.17) is 11.6 Å². The van der Waals surface area contributed by atoms with E-state index in [9.17, 15) is 14.4 Å². The van der Waals surface area contributed by atoms with Gasteiger partial charge in [-0.25, -0.2) is 9.36 Å². The summed E-state index contributed by atoms with van der Waals surface area (Å²) >= 11 is 7.46. The minimum atomic E-state index is -0.564. The van der Waals surface area contributed by atoms with E-state index in [0.29, 0.717) is 26.6 Å². The summed E-state index contributed by atoms with van der Waals surface area (Å²) in [5, 5.41) is 4.90. The van der Waals surface area contributed by atoms with Gasteiger partial charge in [-0.2, -0.15) is 0 Å². The van der Waals surface area contributed by atoms with Crippen molar-refractivity contribution in [2.24, 2.45) is 0 Å². The van der Waals surface area contributed by atoms with Gasteiger partial charge in [0.05, 0.1) is 21.9 Å². The number of hydrogen-bond acceptors (Lipinski definition) is 4. The van der Waals surface area contributed by atoms with Crippen LogP contribution in [0.2, 0.25) is 5.02 Å². The Balaban J connectivity index is 1.81. The summed E-state index contributed by atoms with van der Waals surface area (Å²) in [6.07, 6.45) is 0. The van der Waals surface area contributed by atoms with Gasteiger partial charge in [0, 0.05) is 0 Å². The molecule has 4 rings (SSSR count). The quantitative estimate of drug-likeness (QED) is 0.496. The van der Waals surface area contributed by atoms with E-state index in [1.807, 2.05) is 32.9 Å². The molecule has 0 unspecified atom stereocenters. The van der Waals surface area contributed by atoms with E-state index < -0.39 is 17.2 Å². The molecule has 0 radical (unpaired) electrons. The number of carbonyl (C=O) groups is 1. The number of aromatic nitrogens is 2. The van der Waals surface area contributed by atoms with E-state index >= 15 is 0 Å². The van der Waals surface area contributed by atoms with E-state index in [1.54, 1.807) is 35.7 Å². The maximum atomic E-state index is 13.3. The molecular formula is C23H20ClN3O3S. The average Bonchev–Trinajstić information content (AvgIpc) is 3.17. The van der Waals surface area contributed by atoms with Gasteiger partial charge >= 0.3 is 5.69 Å². The second-order valence-electron chi connectivity index (χ2n) is 7.52. The average molecular weight is 454 g/mol. The van der Waals surface area contributed by atoms with Crippen LogP contribution in [-0.4, -0.2) is 15.0 Å². The Labute approximate surface area is 187 Å². The van der Waals surface area contributed by atoms with Crippen molar-refractivity contribution in [3.63, 3.8) is 0 Å². The van der Waals surface area contributed by atoms with Crippen molar-refractivity contribution >= 4 is 44.7 Å². The molecule has 31 heavy (non-hydrogen) atoms. The summed E-state index contributed by atoms with van der Waals surface area (Å²) in [4.78, 5) is 39.2. The van der Waals surface area contributed by atoms with Crippen LogP contribution in [0.15, 0.2) is 57.4 Å². The zero-order chi connectivity index (χ0) is 22.3. The molecule has 1 N–H and O–H groups in total. The van der Waals surface area contributed by atoms with Crippen molar-refractivity contribution in [3.8, 4) is 5.69 Å². The number of carbonyl (C=O) groups excluding carboxylic acids is 1. The Morgan fingerprint density at radius 2 is 1.71 bits per heavy atom. The molecule has 0 spiro atoms. The van der Waals surface area contributed by atoms with Crippen molar-refractivity contribution < 1.29 is 4.79 Å². The number of rotatable bonds is 4. The number of fused-ring (bicyclic) bond motifs is 1. The standard InChI is InChI=1S/C23H20ClN3O3S/c1-13-4-5-18(17(24)11-13)25-20(28)12-26-19-6-7-31-21(19)22(29)27(23(26)30)16-9-14(2)8-15(3)10-16/h4-11H,12H2,1-3H3,(H,25,28). The molecule has 0 fully saturated rings. The van der Waals surface area contributed by atoms with E-state index in [2.05, 4.69) is 5.32 Å². The molecule has 8 heteroatoms. The lowest BCUT2D eigenvalue weighted by Gasteiger charge is -2.14. The number of aryl methyl sites for hydroxylation is 3. The molecule has 0 aliphatic rings. The van der Waals surface area contributed by atoms with E-state index in [1.165, 1.54) is 15.9 Å². The summed E-state index contributed by atoms with van der Waals surface area (Å²) < 4.78 is 2.87. The molecule has 2 aromatic heterocycles. The fourth-order valence-electron chi connectivity index (χ4n) is 3.60. The predicted octanol–water partition coefficient (Wildman–Crippen LogP) is 4.43. The number of nitrogens with one attached hydrogen (secondary N) is 1. The Hall–Kier alpha value is -3.16. The van der Waals surface area contributed by atoms with Crippen LogP contribution in [0.3, 0.4) is 0 Å². The van der Waals surface area contributed by atoms with Crippen LogP contribution in [0.5, 0.6) is 0 Å². The first kappa shape index (κ1) is 21.1. The highest BCUT2D eigenvalue weighted by Crippen LogP contribution is 2.23. The van der Waals surface area contributed by atoms with Gasteiger partial charge < -0.3 is 5.32 Å². The number of benzene rings is 2. The van der Waals surface area contributed by atoms with E-state index in [0.717, 1.165) is 21.3 Å². The van der Waals surface area contributed by atoms with Crippen LogP contribution < -0.4 is 16.6 Å². The van der Waals surface area contributed by atoms with E-state index in [-0.39, 0.29) is 6.54 Å². The van der Waals surface area contributed by atoms with Crippen LogP contribution in [-0.2, 0) is 11.3 Å². The molecule has 0 aliphatic heterocycles. The fraction of sp³-hybridized carbons (Fsp3) is 0.174. The van der Waals surface area contributed by atoms with Crippen molar-refractivity contribution in [1.29, 1.82) is 0 Å². The predicted molar refractivity (Wildman–Crippen MR) is 126 cm³/mol. The number of nitrogens with zero attached hydrogens (tertiary/aromatic N) is 2. The zero-order valence-electron chi connectivity index (χ0n) is 17.2. The van der Waals surface area contributed by atoms with Crippen LogP contribution >= 0.6 is 22.9 Å². The molecule has 0 bridgehead atoms. The topological polar surface area (TPSA) is 73.1 Å². The Bertz CT molecular complexity index is 1430. The maximum absolute atomic E-state index is 13.3. The summed E-state index contributed by atoms with van der Waals surface area (Å²) in [5.41, 5.74) is 3.28. The van der Waals surface area contributed by atoms with Crippen molar-refractivity contribution in [2.45, 2.75) is 27.3 Å². The number of amides is 1. The summed E-state index contributed by atoms with van der Waals surface area (Å²) in [6.45, 7) is 5.47. The third-order valence-corrected chi connectivity index (χ3v) is 6.12. The minimum Gasteiger partial charge on any atom is -0.323 e. The Morgan fingerprint density at radius 3 is 2.39 bits per heavy atom. The lowest BCUT2D eigenvalue weighted by molar-refractivity contribution is -0.116. The number of hydrogen-bond donors (Lipinski definition) is 1. The summed E-state index contributed by atoms with van der Waals surface area (Å²) in [6, 6.07) is 12.5. The van der Waals surface area contributed by atoms with Gasteiger partial charge in [-0.3, -0.25) is 14.2 Å². The first-order valence-corrected chi connectivity index (χ1v) is 10.9. The minimum absolute atomic E-state index is 0.249. The molecule has 0 saturated carbocycles. The smallest absolute Gasteiger partial charge is 0.323 e. The summed E-state index contributed by atoms with van der Waals surface area (Å²) in [5.74, 6) is -0.411. The van der Waals surface area contributed by atoms with Gasteiger partial charge in [0.25, 0.3) is 5.56 Å². The normalized spacial score (nSPS) is 11.1. The molecule has 1 amide bonds. The molecule has 158 valence electrons. The lowest BCUT2D eigenvalue weighted by Crippen LogP contribution is -2.40. The molecule has 0 atom stereocenters. The SMILES string of the molecule is Cc1cc(C)cc(-n2c(=O)c3sccc3n(CC(=O)Nc3ccc(C)cc3Cl)c2=O)c1. The highest BCUT2D eigenvalue weighted by molar-refractivity contribution is 7.17. The van der Waals surface area contributed by atoms with Crippen molar-refractivity contribution in [2.75, 3.05) is 5.32 Å². The highest BCUT2D eigenvalue weighted by atomic mass is 35.5. The van der Waals surface area contributed by atoms with Gasteiger partial charge in [0.1, 0.15) is 11.2 Å². The second-order valence-corrected chi connectivity index (χ2v) is 8.84. The number of halogens is 1. The summed E-state index contributed by atoms with van der Waals surface area (Å²) in [7, 11) is 0. The molecule has 2 heterocycles. The third kappa shape index (κ3) is 4.06. The van der Waals surface area contributed by atoms with Crippen LogP contribution in [0.25, 0.3) is 15.9 Å².